The molecule has 2 atom stereocenters. The Bertz CT molecular complexity index is 396. The molecule has 1 aromatic rings. The minimum absolute atomic E-state index is 0.0324. The monoisotopic (exact) mass is 255 g/mol. The number of aliphatic hydroxyl groups excluding tert-OH is 1. The smallest absolute Gasteiger partial charge is 0.272 e. The summed E-state index contributed by atoms with van der Waals surface area (Å²) >= 11 is 5.59. The predicted octanol–water partition coefficient (Wildman–Crippen LogP) is 1.02. The van der Waals surface area contributed by atoms with E-state index in [2.05, 4.69) is 15.5 Å². The maximum atomic E-state index is 11.8. The topological polar surface area (TPSA) is 75.1 Å². The third-order valence-corrected chi connectivity index (χ3v) is 3.28. The first-order chi connectivity index (χ1) is 8.20. The first-order valence-corrected chi connectivity index (χ1v) is 5.99. The molecule has 2 rings (SSSR count). The number of nitrogens with one attached hydrogen (secondary N) is 1. The lowest BCUT2D eigenvalue weighted by atomic mass is 10.1. The number of rotatable bonds is 3. The van der Waals surface area contributed by atoms with Crippen LogP contribution in [0.2, 0.25) is 5.15 Å². The van der Waals surface area contributed by atoms with Crippen molar-refractivity contribution in [1.29, 1.82) is 0 Å². The standard InChI is InChI=1S/C11H14ClN3O2/c12-10-5-4-9(14-15-10)11(17)13-8-3-1-2-7(8)6-16/h4-5,7-8,16H,1-3,6H2,(H,13,17). The molecule has 0 radical (unpaired) electrons. The van der Waals surface area contributed by atoms with Crippen molar-refractivity contribution in [1.82, 2.24) is 15.5 Å². The van der Waals surface area contributed by atoms with E-state index in [4.69, 9.17) is 16.7 Å². The molecule has 0 bridgehead atoms. The van der Waals surface area contributed by atoms with Gasteiger partial charge in [0.25, 0.3) is 5.91 Å². The molecule has 6 heteroatoms. The van der Waals surface area contributed by atoms with Gasteiger partial charge in [-0.1, -0.05) is 18.0 Å². The first kappa shape index (κ1) is 12.3. The quantitative estimate of drug-likeness (QED) is 0.846. The van der Waals surface area contributed by atoms with Crippen LogP contribution in [0.15, 0.2) is 12.1 Å². The van der Waals surface area contributed by atoms with E-state index in [0.29, 0.717) is 0 Å². The fourth-order valence-corrected chi connectivity index (χ4v) is 2.23. The van der Waals surface area contributed by atoms with Gasteiger partial charge < -0.3 is 10.4 Å². The second-order valence-electron chi connectivity index (χ2n) is 4.19. The van der Waals surface area contributed by atoms with Gasteiger partial charge >= 0.3 is 0 Å². The summed E-state index contributed by atoms with van der Waals surface area (Å²) in [6.45, 7) is 0.108. The number of hydrogen-bond acceptors (Lipinski definition) is 4. The zero-order valence-electron chi connectivity index (χ0n) is 9.27. The Morgan fingerprint density at radius 3 is 2.94 bits per heavy atom. The van der Waals surface area contributed by atoms with Crippen LogP contribution in [-0.2, 0) is 0 Å². The number of nitrogens with zero attached hydrogens (tertiary/aromatic N) is 2. The van der Waals surface area contributed by atoms with Gasteiger partial charge in [-0.2, -0.15) is 0 Å². The molecule has 0 aromatic carbocycles. The van der Waals surface area contributed by atoms with Gasteiger partial charge in [0, 0.05) is 18.6 Å². The van der Waals surface area contributed by atoms with Gasteiger partial charge in [0.15, 0.2) is 10.8 Å². The number of aliphatic hydroxyl groups is 1. The maximum Gasteiger partial charge on any atom is 0.272 e. The van der Waals surface area contributed by atoms with Crippen LogP contribution in [0.4, 0.5) is 0 Å². The molecule has 17 heavy (non-hydrogen) atoms. The molecule has 2 N–H and O–H groups in total. The number of halogens is 1. The van der Waals surface area contributed by atoms with Gasteiger partial charge in [0.2, 0.25) is 0 Å². The summed E-state index contributed by atoms with van der Waals surface area (Å²) < 4.78 is 0. The minimum atomic E-state index is -0.264. The van der Waals surface area contributed by atoms with E-state index >= 15 is 0 Å². The Balaban J connectivity index is 1.99. The molecule has 2 unspecified atom stereocenters. The van der Waals surface area contributed by atoms with Gasteiger partial charge in [-0.15, -0.1) is 10.2 Å². The predicted molar refractivity (Wildman–Crippen MR) is 62.7 cm³/mol. The molecule has 0 saturated heterocycles. The second kappa shape index (κ2) is 5.42. The van der Waals surface area contributed by atoms with Crippen LogP contribution in [0.5, 0.6) is 0 Å². The molecule has 5 nitrogen and oxygen atoms in total. The van der Waals surface area contributed by atoms with Crippen molar-refractivity contribution < 1.29 is 9.90 Å². The van der Waals surface area contributed by atoms with Crippen LogP contribution in [0, 0.1) is 5.92 Å². The number of aromatic nitrogens is 2. The fraction of sp³-hybridized carbons (Fsp3) is 0.545. The van der Waals surface area contributed by atoms with Crippen LogP contribution in [0.3, 0.4) is 0 Å². The maximum absolute atomic E-state index is 11.8. The lowest BCUT2D eigenvalue weighted by Gasteiger charge is -2.18. The molecule has 1 heterocycles. The SMILES string of the molecule is O=C(NC1CCCC1CO)c1ccc(Cl)nn1. The van der Waals surface area contributed by atoms with Crippen molar-refractivity contribution in [2.45, 2.75) is 25.3 Å². The van der Waals surface area contributed by atoms with Crippen LogP contribution >= 0.6 is 11.6 Å². The van der Waals surface area contributed by atoms with Crippen molar-refractivity contribution in [2.24, 2.45) is 5.92 Å². The van der Waals surface area contributed by atoms with Gasteiger partial charge in [-0.3, -0.25) is 4.79 Å². The highest BCUT2D eigenvalue weighted by Gasteiger charge is 2.28. The lowest BCUT2D eigenvalue weighted by molar-refractivity contribution is 0.0910. The van der Waals surface area contributed by atoms with E-state index in [9.17, 15) is 4.79 Å². The lowest BCUT2D eigenvalue weighted by Crippen LogP contribution is -2.38. The van der Waals surface area contributed by atoms with Gasteiger partial charge in [0.05, 0.1) is 0 Å². The summed E-state index contributed by atoms with van der Waals surface area (Å²) in [7, 11) is 0. The Morgan fingerprint density at radius 2 is 2.29 bits per heavy atom. The number of amides is 1. The number of carbonyl (C=O) groups is 1. The Labute approximate surface area is 104 Å². The highest BCUT2D eigenvalue weighted by atomic mass is 35.5. The summed E-state index contributed by atoms with van der Waals surface area (Å²) in [4.78, 5) is 11.8. The average molecular weight is 256 g/mol. The van der Waals surface area contributed by atoms with Crippen molar-refractivity contribution in [2.75, 3.05) is 6.61 Å². The van der Waals surface area contributed by atoms with Gasteiger partial charge in [-0.05, 0) is 25.0 Å². The van der Waals surface area contributed by atoms with Gasteiger partial charge in [-0.25, -0.2) is 0 Å². The molecule has 1 saturated carbocycles. The summed E-state index contributed by atoms with van der Waals surface area (Å²) in [5, 5.41) is 19.6. The molecule has 1 amide bonds. The zero-order valence-corrected chi connectivity index (χ0v) is 10.0. The molecule has 1 fully saturated rings. The third-order valence-electron chi connectivity index (χ3n) is 3.07. The summed E-state index contributed by atoms with van der Waals surface area (Å²) in [5.74, 6) is -0.112. The molecule has 1 aromatic heterocycles. The van der Waals surface area contributed by atoms with Crippen molar-refractivity contribution >= 4 is 17.5 Å². The minimum Gasteiger partial charge on any atom is -0.396 e. The van der Waals surface area contributed by atoms with E-state index in [-0.39, 0.29) is 35.3 Å². The van der Waals surface area contributed by atoms with E-state index in [0.717, 1.165) is 19.3 Å². The average Bonchev–Trinajstić information content (AvgIpc) is 2.77. The van der Waals surface area contributed by atoms with Gasteiger partial charge in [0.1, 0.15) is 0 Å². The highest BCUT2D eigenvalue weighted by Crippen LogP contribution is 2.25. The molecular weight excluding hydrogens is 242 g/mol. The summed E-state index contributed by atoms with van der Waals surface area (Å²) in [5.41, 5.74) is 0.248. The number of hydrogen-bond donors (Lipinski definition) is 2. The molecule has 1 aliphatic carbocycles. The number of carbonyl (C=O) groups excluding carboxylic acids is 1. The van der Waals surface area contributed by atoms with Crippen molar-refractivity contribution in [3.05, 3.63) is 23.0 Å². The van der Waals surface area contributed by atoms with E-state index in [1.807, 2.05) is 0 Å². The van der Waals surface area contributed by atoms with Crippen molar-refractivity contribution in [3.8, 4) is 0 Å². The fourth-order valence-electron chi connectivity index (χ4n) is 2.12. The molecule has 0 spiro atoms. The summed E-state index contributed by atoms with van der Waals surface area (Å²) in [6.07, 6.45) is 2.88. The van der Waals surface area contributed by atoms with E-state index < -0.39 is 0 Å². The largest absolute Gasteiger partial charge is 0.396 e. The second-order valence-corrected chi connectivity index (χ2v) is 4.58. The molecule has 1 aliphatic rings. The zero-order chi connectivity index (χ0) is 12.3. The molecule has 92 valence electrons. The van der Waals surface area contributed by atoms with E-state index in [1.54, 1.807) is 0 Å². The van der Waals surface area contributed by atoms with Crippen LogP contribution < -0.4 is 5.32 Å². The third kappa shape index (κ3) is 2.92. The van der Waals surface area contributed by atoms with Crippen LogP contribution in [0.1, 0.15) is 29.8 Å². The van der Waals surface area contributed by atoms with E-state index in [1.165, 1.54) is 12.1 Å². The molecule has 0 aliphatic heterocycles. The van der Waals surface area contributed by atoms with Crippen LogP contribution in [-0.4, -0.2) is 33.9 Å². The Kier molecular flexibility index (Phi) is 3.91. The Morgan fingerprint density at radius 1 is 1.47 bits per heavy atom. The normalized spacial score (nSPS) is 23.6. The Hall–Kier alpha value is -1.20. The molecular formula is C11H14ClN3O2. The van der Waals surface area contributed by atoms with Crippen molar-refractivity contribution in [3.63, 3.8) is 0 Å². The van der Waals surface area contributed by atoms with Crippen LogP contribution in [0.25, 0.3) is 0 Å². The highest BCUT2D eigenvalue weighted by molar-refractivity contribution is 6.29. The first-order valence-electron chi connectivity index (χ1n) is 5.61. The summed E-state index contributed by atoms with van der Waals surface area (Å²) in [6, 6.07) is 3.10.